The number of carbonyl (C=O) groups is 1. The highest BCUT2D eigenvalue weighted by molar-refractivity contribution is 5.88. The average Bonchev–Trinajstić information content (AvgIpc) is 2.82. The van der Waals surface area contributed by atoms with Crippen LogP contribution in [0.25, 0.3) is 0 Å². The molecule has 0 bridgehead atoms. The van der Waals surface area contributed by atoms with E-state index in [0.717, 1.165) is 38.1 Å². The number of benzene rings is 1. The van der Waals surface area contributed by atoms with Crippen LogP contribution in [0.5, 0.6) is 0 Å². The molecule has 1 aliphatic heterocycles. The van der Waals surface area contributed by atoms with Gasteiger partial charge in [0.2, 0.25) is 0 Å². The SMILES string of the molecule is O=C(O)c1cccc(NCCC2CCCO2)c1. The van der Waals surface area contributed by atoms with Crippen LogP contribution in [-0.4, -0.2) is 30.3 Å². The fraction of sp³-hybridized carbons (Fsp3) is 0.462. The van der Waals surface area contributed by atoms with E-state index in [1.165, 1.54) is 0 Å². The first-order valence-electron chi connectivity index (χ1n) is 5.94. The van der Waals surface area contributed by atoms with E-state index in [0.29, 0.717) is 11.7 Å². The lowest BCUT2D eigenvalue weighted by Gasteiger charge is -2.11. The van der Waals surface area contributed by atoms with E-state index >= 15 is 0 Å². The summed E-state index contributed by atoms with van der Waals surface area (Å²) >= 11 is 0. The Balaban J connectivity index is 1.81. The second kappa shape index (κ2) is 5.68. The number of rotatable bonds is 5. The van der Waals surface area contributed by atoms with Crippen molar-refractivity contribution >= 4 is 11.7 Å². The molecule has 92 valence electrons. The number of carboxylic acids is 1. The van der Waals surface area contributed by atoms with Gasteiger partial charge in [0.1, 0.15) is 0 Å². The molecule has 4 heteroatoms. The molecule has 0 aliphatic carbocycles. The summed E-state index contributed by atoms with van der Waals surface area (Å²) in [5, 5.41) is 12.1. The van der Waals surface area contributed by atoms with Crippen LogP contribution in [-0.2, 0) is 4.74 Å². The standard InChI is InChI=1S/C13H17NO3/c15-13(16)10-3-1-4-11(9-10)14-7-6-12-5-2-8-17-12/h1,3-4,9,12,14H,2,5-8H2,(H,15,16). The molecule has 1 heterocycles. The third-order valence-electron chi connectivity index (χ3n) is 2.93. The summed E-state index contributed by atoms with van der Waals surface area (Å²) in [6, 6.07) is 6.87. The van der Waals surface area contributed by atoms with Crippen molar-refractivity contribution in [3.63, 3.8) is 0 Å². The maximum atomic E-state index is 10.8. The molecule has 0 amide bonds. The van der Waals surface area contributed by atoms with Crippen molar-refractivity contribution in [3.05, 3.63) is 29.8 Å². The molecule has 1 aromatic carbocycles. The molecule has 1 unspecified atom stereocenters. The van der Waals surface area contributed by atoms with Gasteiger partial charge in [-0.3, -0.25) is 0 Å². The number of nitrogens with one attached hydrogen (secondary N) is 1. The lowest BCUT2D eigenvalue weighted by atomic mass is 10.1. The van der Waals surface area contributed by atoms with Crippen molar-refractivity contribution < 1.29 is 14.6 Å². The number of hydrogen-bond acceptors (Lipinski definition) is 3. The average molecular weight is 235 g/mol. The maximum Gasteiger partial charge on any atom is 0.335 e. The van der Waals surface area contributed by atoms with Gasteiger partial charge in [-0.05, 0) is 37.5 Å². The van der Waals surface area contributed by atoms with Crippen LogP contribution in [0, 0.1) is 0 Å². The first-order chi connectivity index (χ1) is 8.25. The van der Waals surface area contributed by atoms with Gasteiger partial charge < -0.3 is 15.2 Å². The Morgan fingerprint density at radius 2 is 2.41 bits per heavy atom. The zero-order chi connectivity index (χ0) is 12.1. The van der Waals surface area contributed by atoms with Gasteiger partial charge in [-0.15, -0.1) is 0 Å². The van der Waals surface area contributed by atoms with Crippen LogP contribution in [0.4, 0.5) is 5.69 Å². The van der Waals surface area contributed by atoms with Crippen LogP contribution in [0.15, 0.2) is 24.3 Å². The van der Waals surface area contributed by atoms with Crippen molar-refractivity contribution in [1.29, 1.82) is 0 Å². The van der Waals surface area contributed by atoms with E-state index in [1.54, 1.807) is 18.2 Å². The zero-order valence-electron chi connectivity index (χ0n) is 9.69. The Bertz CT molecular complexity index is 386. The van der Waals surface area contributed by atoms with Crippen molar-refractivity contribution in [2.75, 3.05) is 18.5 Å². The molecular formula is C13H17NO3. The minimum atomic E-state index is -0.896. The van der Waals surface area contributed by atoms with Crippen molar-refractivity contribution in [3.8, 4) is 0 Å². The number of anilines is 1. The van der Waals surface area contributed by atoms with Gasteiger partial charge in [0.05, 0.1) is 11.7 Å². The molecule has 1 saturated heterocycles. The molecule has 1 aliphatic rings. The van der Waals surface area contributed by atoms with Gasteiger partial charge in [0.25, 0.3) is 0 Å². The summed E-state index contributed by atoms with van der Waals surface area (Å²) in [7, 11) is 0. The fourth-order valence-corrected chi connectivity index (χ4v) is 2.01. The summed E-state index contributed by atoms with van der Waals surface area (Å²) in [6.45, 7) is 1.69. The van der Waals surface area contributed by atoms with E-state index in [-0.39, 0.29) is 0 Å². The molecule has 0 aromatic heterocycles. The normalized spacial score (nSPS) is 19.2. The van der Waals surface area contributed by atoms with E-state index in [2.05, 4.69) is 5.32 Å². The van der Waals surface area contributed by atoms with E-state index in [1.807, 2.05) is 6.07 Å². The molecular weight excluding hydrogens is 218 g/mol. The van der Waals surface area contributed by atoms with Gasteiger partial charge in [-0.25, -0.2) is 4.79 Å². The number of ether oxygens (including phenoxy) is 1. The Kier molecular flexibility index (Phi) is 3.98. The highest BCUT2D eigenvalue weighted by atomic mass is 16.5. The second-order valence-electron chi connectivity index (χ2n) is 4.24. The van der Waals surface area contributed by atoms with Crippen LogP contribution < -0.4 is 5.32 Å². The topological polar surface area (TPSA) is 58.6 Å². The van der Waals surface area contributed by atoms with Crippen LogP contribution in [0.2, 0.25) is 0 Å². The highest BCUT2D eigenvalue weighted by Crippen LogP contribution is 2.16. The van der Waals surface area contributed by atoms with Crippen LogP contribution >= 0.6 is 0 Å². The van der Waals surface area contributed by atoms with Gasteiger partial charge in [0, 0.05) is 18.8 Å². The fourth-order valence-electron chi connectivity index (χ4n) is 2.01. The van der Waals surface area contributed by atoms with Crippen molar-refractivity contribution in [2.24, 2.45) is 0 Å². The quantitative estimate of drug-likeness (QED) is 0.822. The lowest BCUT2D eigenvalue weighted by Crippen LogP contribution is -2.12. The van der Waals surface area contributed by atoms with Crippen LogP contribution in [0.3, 0.4) is 0 Å². The molecule has 17 heavy (non-hydrogen) atoms. The van der Waals surface area contributed by atoms with Gasteiger partial charge in [-0.2, -0.15) is 0 Å². The molecule has 1 aromatic rings. The van der Waals surface area contributed by atoms with E-state index in [9.17, 15) is 4.79 Å². The number of aromatic carboxylic acids is 1. The molecule has 1 atom stereocenters. The minimum absolute atomic E-state index is 0.312. The number of carboxylic acid groups (broad SMARTS) is 1. The maximum absolute atomic E-state index is 10.8. The van der Waals surface area contributed by atoms with Crippen molar-refractivity contribution in [1.82, 2.24) is 0 Å². The first-order valence-corrected chi connectivity index (χ1v) is 5.94. The molecule has 4 nitrogen and oxygen atoms in total. The first kappa shape index (κ1) is 11.9. The number of hydrogen-bond donors (Lipinski definition) is 2. The summed E-state index contributed by atoms with van der Waals surface area (Å²) in [5.41, 5.74) is 1.16. The van der Waals surface area contributed by atoms with E-state index in [4.69, 9.17) is 9.84 Å². The third-order valence-corrected chi connectivity index (χ3v) is 2.93. The Labute approximate surface area is 101 Å². The summed E-state index contributed by atoms with van der Waals surface area (Å²) < 4.78 is 5.52. The minimum Gasteiger partial charge on any atom is -0.478 e. The van der Waals surface area contributed by atoms with E-state index < -0.39 is 5.97 Å². The zero-order valence-corrected chi connectivity index (χ0v) is 9.69. The Morgan fingerprint density at radius 3 is 3.12 bits per heavy atom. The van der Waals surface area contributed by atoms with Gasteiger partial charge in [-0.1, -0.05) is 6.07 Å². The highest BCUT2D eigenvalue weighted by Gasteiger charge is 2.14. The summed E-state index contributed by atoms with van der Waals surface area (Å²) in [4.78, 5) is 10.8. The Hall–Kier alpha value is -1.55. The summed E-state index contributed by atoms with van der Waals surface area (Å²) in [5.74, 6) is -0.896. The van der Waals surface area contributed by atoms with Gasteiger partial charge in [0.15, 0.2) is 0 Å². The van der Waals surface area contributed by atoms with Crippen LogP contribution in [0.1, 0.15) is 29.6 Å². The monoisotopic (exact) mass is 235 g/mol. The summed E-state index contributed by atoms with van der Waals surface area (Å²) in [6.07, 6.45) is 3.62. The van der Waals surface area contributed by atoms with Crippen molar-refractivity contribution in [2.45, 2.75) is 25.4 Å². The predicted molar refractivity (Wildman–Crippen MR) is 65.5 cm³/mol. The molecule has 1 fully saturated rings. The Morgan fingerprint density at radius 1 is 1.53 bits per heavy atom. The molecule has 0 radical (unpaired) electrons. The molecule has 2 rings (SSSR count). The largest absolute Gasteiger partial charge is 0.478 e. The lowest BCUT2D eigenvalue weighted by molar-refractivity contribution is 0.0697. The molecule has 0 saturated carbocycles. The smallest absolute Gasteiger partial charge is 0.335 e. The molecule has 0 spiro atoms. The molecule has 2 N–H and O–H groups in total. The predicted octanol–water partition coefficient (Wildman–Crippen LogP) is 2.37. The second-order valence-corrected chi connectivity index (χ2v) is 4.24. The van der Waals surface area contributed by atoms with Gasteiger partial charge >= 0.3 is 5.97 Å². The third kappa shape index (κ3) is 3.46.